The molecule has 1 aliphatic rings. The largest absolute Gasteiger partial charge is 0.396 e. The molecule has 0 aliphatic carbocycles. The predicted octanol–water partition coefficient (Wildman–Crippen LogP) is 2.32. The molecule has 4 rings (SSSR count). The number of halogens is 1. The van der Waals surface area contributed by atoms with E-state index in [9.17, 15) is 4.39 Å². The quantitative estimate of drug-likeness (QED) is 0.633. The highest BCUT2D eigenvalue weighted by Crippen LogP contribution is 2.32. The van der Waals surface area contributed by atoms with Gasteiger partial charge in [0.1, 0.15) is 5.82 Å². The Labute approximate surface area is 174 Å². The molecule has 9 heteroatoms. The third-order valence-electron chi connectivity index (χ3n) is 5.22. The van der Waals surface area contributed by atoms with Crippen LogP contribution in [0.1, 0.15) is 12.8 Å². The van der Waals surface area contributed by atoms with Crippen LogP contribution in [0.3, 0.4) is 0 Å². The van der Waals surface area contributed by atoms with E-state index in [4.69, 9.17) is 16.5 Å². The highest BCUT2D eigenvalue weighted by Gasteiger charge is 2.21. The highest BCUT2D eigenvalue weighted by atomic mass is 19.1. The summed E-state index contributed by atoms with van der Waals surface area (Å²) in [5.74, 6) is 0.714. The SMILES string of the molecule is CN(C)c1ncc(-c2cnc(N3CCC(N)CC3)nc2-c2ccc(N)c(F)c2)cn1. The summed E-state index contributed by atoms with van der Waals surface area (Å²) >= 11 is 0. The molecule has 8 nitrogen and oxygen atoms in total. The Balaban J connectivity index is 1.79. The van der Waals surface area contributed by atoms with Crippen LogP contribution in [-0.2, 0) is 0 Å². The van der Waals surface area contributed by atoms with Crippen LogP contribution in [0, 0.1) is 5.82 Å². The minimum Gasteiger partial charge on any atom is -0.396 e. The van der Waals surface area contributed by atoms with Crippen LogP contribution in [0.4, 0.5) is 22.0 Å². The second kappa shape index (κ2) is 8.19. The number of rotatable bonds is 4. The van der Waals surface area contributed by atoms with Crippen molar-refractivity contribution in [2.75, 3.05) is 42.7 Å². The molecule has 2 aromatic heterocycles. The van der Waals surface area contributed by atoms with Crippen LogP contribution in [-0.4, -0.2) is 53.2 Å². The number of piperidine rings is 1. The number of hydrogen-bond acceptors (Lipinski definition) is 8. The first-order chi connectivity index (χ1) is 14.4. The van der Waals surface area contributed by atoms with E-state index in [1.54, 1.807) is 30.7 Å². The predicted molar refractivity (Wildman–Crippen MR) is 117 cm³/mol. The van der Waals surface area contributed by atoms with Gasteiger partial charge in [0.15, 0.2) is 0 Å². The van der Waals surface area contributed by atoms with Gasteiger partial charge >= 0.3 is 0 Å². The maximum atomic E-state index is 14.2. The van der Waals surface area contributed by atoms with Crippen molar-refractivity contribution in [2.24, 2.45) is 5.73 Å². The van der Waals surface area contributed by atoms with E-state index in [0.29, 0.717) is 23.2 Å². The Kier molecular flexibility index (Phi) is 5.45. The summed E-state index contributed by atoms with van der Waals surface area (Å²) in [7, 11) is 3.75. The minimum absolute atomic E-state index is 0.0956. The summed E-state index contributed by atoms with van der Waals surface area (Å²) in [6.07, 6.45) is 6.96. The fourth-order valence-electron chi connectivity index (χ4n) is 3.42. The summed E-state index contributed by atoms with van der Waals surface area (Å²) in [6, 6.07) is 4.90. The van der Waals surface area contributed by atoms with Gasteiger partial charge in [-0.3, -0.25) is 0 Å². The fourth-order valence-corrected chi connectivity index (χ4v) is 3.42. The Morgan fingerprint density at radius 3 is 2.37 bits per heavy atom. The first-order valence-electron chi connectivity index (χ1n) is 9.85. The maximum Gasteiger partial charge on any atom is 0.225 e. The van der Waals surface area contributed by atoms with E-state index in [2.05, 4.69) is 19.9 Å². The van der Waals surface area contributed by atoms with Crippen LogP contribution < -0.4 is 21.3 Å². The Morgan fingerprint density at radius 1 is 1.03 bits per heavy atom. The Morgan fingerprint density at radius 2 is 1.73 bits per heavy atom. The van der Waals surface area contributed by atoms with Gasteiger partial charge in [-0.15, -0.1) is 0 Å². The van der Waals surface area contributed by atoms with Gasteiger partial charge in [0.2, 0.25) is 11.9 Å². The normalized spacial score (nSPS) is 14.7. The molecular formula is C21H25FN8. The molecule has 3 aromatic rings. The Hall–Kier alpha value is -3.33. The molecule has 0 unspecified atom stereocenters. The second-order valence-electron chi connectivity index (χ2n) is 7.66. The van der Waals surface area contributed by atoms with E-state index < -0.39 is 5.82 Å². The van der Waals surface area contributed by atoms with Crippen LogP contribution in [0.2, 0.25) is 0 Å². The minimum atomic E-state index is -0.484. The van der Waals surface area contributed by atoms with Gasteiger partial charge in [-0.2, -0.15) is 0 Å². The highest BCUT2D eigenvalue weighted by molar-refractivity contribution is 5.81. The number of benzene rings is 1. The molecule has 4 N–H and O–H groups in total. The number of aromatic nitrogens is 4. The first-order valence-corrected chi connectivity index (χ1v) is 9.85. The lowest BCUT2D eigenvalue weighted by atomic mass is 10.0. The lowest BCUT2D eigenvalue weighted by Gasteiger charge is -2.30. The molecule has 0 spiro atoms. The average Bonchev–Trinajstić information content (AvgIpc) is 2.76. The van der Waals surface area contributed by atoms with E-state index in [0.717, 1.165) is 37.1 Å². The molecule has 30 heavy (non-hydrogen) atoms. The number of nitrogen functional groups attached to an aromatic ring is 1. The topological polar surface area (TPSA) is 110 Å². The van der Waals surface area contributed by atoms with E-state index in [1.165, 1.54) is 6.07 Å². The average molecular weight is 408 g/mol. The molecule has 1 aliphatic heterocycles. The maximum absolute atomic E-state index is 14.2. The van der Waals surface area contributed by atoms with Gasteiger partial charge in [-0.1, -0.05) is 6.07 Å². The lowest BCUT2D eigenvalue weighted by Crippen LogP contribution is -2.40. The zero-order chi connectivity index (χ0) is 21.3. The summed E-state index contributed by atoms with van der Waals surface area (Å²) in [5, 5.41) is 0. The van der Waals surface area contributed by atoms with Crippen molar-refractivity contribution >= 4 is 17.6 Å². The number of anilines is 3. The van der Waals surface area contributed by atoms with Crippen molar-refractivity contribution in [1.82, 2.24) is 19.9 Å². The van der Waals surface area contributed by atoms with Gasteiger partial charge in [0.25, 0.3) is 0 Å². The van der Waals surface area contributed by atoms with Crippen molar-refractivity contribution in [1.29, 1.82) is 0 Å². The number of nitrogens with zero attached hydrogens (tertiary/aromatic N) is 6. The number of nitrogens with two attached hydrogens (primary N) is 2. The third kappa shape index (κ3) is 4.02. The number of hydrogen-bond donors (Lipinski definition) is 2. The van der Waals surface area contributed by atoms with Crippen molar-refractivity contribution in [2.45, 2.75) is 18.9 Å². The molecule has 1 fully saturated rings. The molecule has 1 saturated heterocycles. The fraction of sp³-hybridized carbons (Fsp3) is 0.333. The van der Waals surface area contributed by atoms with Gasteiger partial charge in [0.05, 0.1) is 11.4 Å². The van der Waals surface area contributed by atoms with E-state index in [1.807, 2.05) is 19.0 Å². The molecule has 0 bridgehead atoms. The van der Waals surface area contributed by atoms with Gasteiger partial charge in [0, 0.05) is 68.5 Å². The van der Waals surface area contributed by atoms with Crippen molar-refractivity contribution in [3.05, 3.63) is 42.6 Å². The van der Waals surface area contributed by atoms with Gasteiger partial charge < -0.3 is 21.3 Å². The van der Waals surface area contributed by atoms with E-state index >= 15 is 0 Å². The summed E-state index contributed by atoms with van der Waals surface area (Å²) < 4.78 is 14.2. The van der Waals surface area contributed by atoms with Crippen LogP contribution in [0.25, 0.3) is 22.4 Å². The molecule has 0 saturated carbocycles. The first kappa shape index (κ1) is 20.0. The monoisotopic (exact) mass is 408 g/mol. The molecule has 0 atom stereocenters. The molecule has 0 amide bonds. The molecular weight excluding hydrogens is 383 g/mol. The Bertz CT molecular complexity index is 1030. The van der Waals surface area contributed by atoms with Crippen molar-refractivity contribution in [3.8, 4) is 22.4 Å². The molecule has 1 aromatic carbocycles. The smallest absolute Gasteiger partial charge is 0.225 e. The molecule has 156 valence electrons. The van der Waals surface area contributed by atoms with Crippen molar-refractivity contribution < 1.29 is 4.39 Å². The molecule has 0 radical (unpaired) electrons. The molecule has 3 heterocycles. The summed E-state index contributed by atoms with van der Waals surface area (Å²) in [5.41, 5.74) is 14.5. The summed E-state index contributed by atoms with van der Waals surface area (Å²) in [6.45, 7) is 1.58. The van der Waals surface area contributed by atoms with Gasteiger partial charge in [-0.25, -0.2) is 24.3 Å². The van der Waals surface area contributed by atoms with Crippen molar-refractivity contribution in [3.63, 3.8) is 0 Å². The third-order valence-corrected chi connectivity index (χ3v) is 5.22. The van der Waals surface area contributed by atoms with E-state index in [-0.39, 0.29) is 11.7 Å². The zero-order valence-corrected chi connectivity index (χ0v) is 17.1. The lowest BCUT2D eigenvalue weighted by molar-refractivity contribution is 0.495. The van der Waals surface area contributed by atoms with Crippen LogP contribution in [0.15, 0.2) is 36.8 Å². The van der Waals surface area contributed by atoms with Gasteiger partial charge in [-0.05, 0) is 25.0 Å². The summed E-state index contributed by atoms with van der Waals surface area (Å²) in [4.78, 5) is 22.1. The van der Waals surface area contributed by atoms with Crippen LogP contribution >= 0.6 is 0 Å². The van der Waals surface area contributed by atoms with Crippen LogP contribution in [0.5, 0.6) is 0 Å². The standard InChI is InChI=1S/C21H25FN8/c1-29(2)20-25-10-14(11-26-20)16-12-27-21(30-7-5-15(23)6-8-30)28-19(16)13-3-4-18(24)17(22)9-13/h3-4,9-12,15H,5-8,23-24H2,1-2H3. The second-order valence-corrected chi connectivity index (χ2v) is 7.66. The zero-order valence-electron chi connectivity index (χ0n) is 17.1.